The normalized spacial score (nSPS) is 9.79. The molecule has 0 bridgehead atoms. The Labute approximate surface area is 118 Å². The SMILES string of the molecule is CSC(NCc1ccc(Cl)nc1)=C(C(=O)O)C(=O)O. The van der Waals surface area contributed by atoms with Gasteiger partial charge in [0.2, 0.25) is 0 Å². The van der Waals surface area contributed by atoms with Crippen LogP contribution in [0.1, 0.15) is 5.56 Å². The van der Waals surface area contributed by atoms with E-state index in [2.05, 4.69) is 10.3 Å². The molecule has 0 aliphatic rings. The maximum atomic E-state index is 10.9. The number of hydrogen-bond donors (Lipinski definition) is 3. The van der Waals surface area contributed by atoms with E-state index in [0.717, 1.165) is 17.3 Å². The van der Waals surface area contributed by atoms with E-state index in [1.54, 1.807) is 18.4 Å². The Hall–Kier alpha value is -1.73. The molecule has 19 heavy (non-hydrogen) atoms. The van der Waals surface area contributed by atoms with Gasteiger partial charge < -0.3 is 15.5 Å². The van der Waals surface area contributed by atoms with Gasteiger partial charge in [-0.3, -0.25) is 0 Å². The van der Waals surface area contributed by atoms with Crippen LogP contribution in [0.25, 0.3) is 0 Å². The Bertz CT molecular complexity index is 500. The highest BCUT2D eigenvalue weighted by Crippen LogP contribution is 2.16. The molecule has 0 atom stereocenters. The van der Waals surface area contributed by atoms with Gasteiger partial charge in [-0.15, -0.1) is 11.8 Å². The molecule has 0 fully saturated rings. The van der Waals surface area contributed by atoms with Gasteiger partial charge >= 0.3 is 11.9 Å². The minimum absolute atomic E-state index is 0.0787. The van der Waals surface area contributed by atoms with Crippen LogP contribution >= 0.6 is 23.4 Å². The van der Waals surface area contributed by atoms with E-state index in [4.69, 9.17) is 21.8 Å². The Balaban J connectivity index is 2.87. The van der Waals surface area contributed by atoms with Crippen molar-refractivity contribution in [1.82, 2.24) is 10.3 Å². The summed E-state index contributed by atoms with van der Waals surface area (Å²) in [4.78, 5) is 25.6. The third kappa shape index (κ3) is 4.46. The number of thioether (sulfide) groups is 1. The van der Waals surface area contributed by atoms with Crippen molar-refractivity contribution in [3.63, 3.8) is 0 Å². The molecule has 0 radical (unpaired) electrons. The summed E-state index contributed by atoms with van der Waals surface area (Å²) >= 11 is 6.65. The number of carboxylic acids is 2. The molecule has 1 aromatic heterocycles. The van der Waals surface area contributed by atoms with E-state index in [9.17, 15) is 9.59 Å². The largest absolute Gasteiger partial charge is 0.477 e. The van der Waals surface area contributed by atoms with Crippen molar-refractivity contribution < 1.29 is 19.8 Å². The van der Waals surface area contributed by atoms with Gasteiger partial charge in [-0.25, -0.2) is 14.6 Å². The number of rotatable bonds is 6. The molecule has 0 amide bonds. The topological polar surface area (TPSA) is 99.5 Å². The molecule has 8 heteroatoms. The Morgan fingerprint density at radius 1 is 1.37 bits per heavy atom. The molecular weight excluding hydrogens is 292 g/mol. The summed E-state index contributed by atoms with van der Waals surface area (Å²) in [7, 11) is 0. The lowest BCUT2D eigenvalue weighted by atomic mass is 10.2. The summed E-state index contributed by atoms with van der Waals surface area (Å²) in [6, 6.07) is 3.30. The van der Waals surface area contributed by atoms with Gasteiger partial charge in [-0.05, 0) is 17.9 Å². The lowest BCUT2D eigenvalue weighted by Crippen LogP contribution is -2.21. The molecule has 0 aromatic carbocycles. The predicted octanol–water partition coefficient (Wildman–Crippen LogP) is 1.57. The first-order valence-electron chi connectivity index (χ1n) is 5.05. The standard InChI is InChI=1S/C11H11ClN2O4S/c1-19-9(8(10(15)16)11(17)18)14-5-6-2-3-7(12)13-4-6/h2-4,14H,5H2,1H3,(H,15,16)(H,17,18). The number of carboxylic acid groups (broad SMARTS) is 2. The van der Waals surface area contributed by atoms with Gasteiger partial charge in [0.1, 0.15) is 5.15 Å². The van der Waals surface area contributed by atoms with Crippen molar-refractivity contribution in [3.8, 4) is 0 Å². The fourth-order valence-corrected chi connectivity index (χ4v) is 1.95. The van der Waals surface area contributed by atoms with E-state index in [0.29, 0.717) is 5.15 Å². The van der Waals surface area contributed by atoms with Crippen LogP contribution in [0.2, 0.25) is 5.15 Å². The van der Waals surface area contributed by atoms with Crippen LogP contribution in [0.5, 0.6) is 0 Å². The van der Waals surface area contributed by atoms with Crippen molar-refractivity contribution >= 4 is 35.3 Å². The van der Waals surface area contributed by atoms with Crippen LogP contribution < -0.4 is 5.32 Å². The molecule has 0 unspecified atom stereocenters. The average molecular weight is 303 g/mol. The highest BCUT2D eigenvalue weighted by molar-refractivity contribution is 8.02. The van der Waals surface area contributed by atoms with Crippen LogP contribution in [-0.4, -0.2) is 33.4 Å². The average Bonchev–Trinajstić information content (AvgIpc) is 2.35. The van der Waals surface area contributed by atoms with Crippen LogP contribution in [-0.2, 0) is 16.1 Å². The molecule has 1 rings (SSSR count). The van der Waals surface area contributed by atoms with E-state index in [-0.39, 0.29) is 11.6 Å². The summed E-state index contributed by atoms with van der Waals surface area (Å²) in [6.45, 7) is 0.254. The van der Waals surface area contributed by atoms with Gasteiger partial charge in [0.05, 0.1) is 5.03 Å². The molecule has 0 aliphatic heterocycles. The molecule has 0 saturated heterocycles. The van der Waals surface area contributed by atoms with E-state index >= 15 is 0 Å². The maximum absolute atomic E-state index is 10.9. The number of hydrogen-bond acceptors (Lipinski definition) is 5. The summed E-state index contributed by atoms with van der Waals surface area (Å²) in [5, 5.41) is 20.9. The number of nitrogens with one attached hydrogen (secondary N) is 1. The van der Waals surface area contributed by atoms with E-state index in [1.807, 2.05) is 0 Å². The zero-order valence-electron chi connectivity index (χ0n) is 9.88. The smallest absolute Gasteiger partial charge is 0.345 e. The number of carbonyl (C=O) groups is 2. The molecule has 0 saturated carbocycles. The fraction of sp³-hybridized carbons (Fsp3) is 0.182. The first-order valence-corrected chi connectivity index (χ1v) is 6.65. The lowest BCUT2D eigenvalue weighted by molar-refractivity contribution is -0.140. The minimum atomic E-state index is -1.49. The second-order valence-corrected chi connectivity index (χ2v) is 4.57. The molecular formula is C11H11ClN2O4S. The molecule has 1 aromatic rings. The molecule has 1 heterocycles. The number of aliphatic carboxylic acids is 2. The Morgan fingerprint density at radius 3 is 2.42 bits per heavy atom. The third-order valence-corrected chi connectivity index (χ3v) is 3.08. The van der Waals surface area contributed by atoms with Crippen molar-refractivity contribution in [2.45, 2.75) is 6.54 Å². The molecule has 6 nitrogen and oxygen atoms in total. The van der Waals surface area contributed by atoms with Gasteiger partial charge in [-0.1, -0.05) is 17.7 Å². The van der Waals surface area contributed by atoms with Crippen LogP contribution in [0, 0.1) is 0 Å². The Morgan fingerprint density at radius 2 is 2.00 bits per heavy atom. The number of aromatic nitrogens is 1. The summed E-state index contributed by atoms with van der Waals surface area (Å²) in [6.07, 6.45) is 3.11. The Kier molecular flexibility index (Phi) is 5.65. The van der Waals surface area contributed by atoms with Gasteiger partial charge in [-0.2, -0.15) is 0 Å². The summed E-state index contributed by atoms with van der Waals surface area (Å²) in [5.41, 5.74) is 0.0699. The van der Waals surface area contributed by atoms with Crippen molar-refractivity contribution in [1.29, 1.82) is 0 Å². The van der Waals surface area contributed by atoms with E-state index in [1.165, 1.54) is 6.20 Å². The number of nitrogens with zero attached hydrogens (tertiary/aromatic N) is 1. The highest BCUT2D eigenvalue weighted by Gasteiger charge is 2.21. The third-order valence-electron chi connectivity index (χ3n) is 2.10. The van der Waals surface area contributed by atoms with Gasteiger partial charge in [0.15, 0.2) is 5.57 Å². The molecule has 3 N–H and O–H groups in total. The quantitative estimate of drug-likeness (QED) is 0.317. The van der Waals surface area contributed by atoms with Crippen molar-refractivity contribution in [2.24, 2.45) is 0 Å². The molecule has 0 spiro atoms. The minimum Gasteiger partial charge on any atom is -0.477 e. The van der Waals surface area contributed by atoms with Crippen LogP contribution in [0.4, 0.5) is 0 Å². The van der Waals surface area contributed by atoms with Gasteiger partial charge in [0, 0.05) is 12.7 Å². The highest BCUT2D eigenvalue weighted by atomic mass is 35.5. The predicted molar refractivity (Wildman–Crippen MR) is 71.9 cm³/mol. The van der Waals surface area contributed by atoms with E-state index < -0.39 is 17.5 Å². The number of halogens is 1. The second kappa shape index (κ2) is 7.01. The van der Waals surface area contributed by atoms with Crippen molar-refractivity contribution in [2.75, 3.05) is 6.26 Å². The maximum Gasteiger partial charge on any atom is 0.345 e. The summed E-state index contributed by atoms with van der Waals surface area (Å²) < 4.78 is 0. The zero-order chi connectivity index (χ0) is 14.4. The fourth-order valence-electron chi connectivity index (χ4n) is 1.24. The number of pyridine rings is 1. The van der Waals surface area contributed by atoms with Crippen molar-refractivity contribution in [3.05, 3.63) is 39.6 Å². The lowest BCUT2D eigenvalue weighted by Gasteiger charge is -2.10. The monoisotopic (exact) mass is 302 g/mol. The zero-order valence-corrected chi connectivity index (χ0v) is 11.5. The molecule has 0 aliphatic carbocycles. The first-order chi connectivity index (χ1) is 8.95. The summed E-state index contributed by atoms with van der Waals surface area (Å²) in [5.74, 6) is -2.97. The second-order valence-electron chi connectivity index (χ2n) is 3.36. The van der Waals surface area contributed by atoms with Crippen LogP contribution in [0.15, 0.2) is 28.9 Å². The van der Waals surface area contributed by atoms with Crippen LogP contribution in [0.3, 0.4) is 0 Å². The van der Waals surface area contributed by atoms with Gasteiger partial charge in [0.25, 0.3) is 0 Å². The first kappa shape index (κ1) is 15.3. The molecule has 102 valence electrons.